The summed E-state index contributed by atoms with van der Waals surface area (Å²) in [5.74, 6) is 1.22. The number of rotatable bonds is 2. The molecule has 5 nitrogen and oxygen atoms in total. The summed E-state index contributed by atoms with van der Waals surface area (Å²) in [6.45, 7) is 7.70. The zero-order valence-corrected chi connectivity index (χ0v) is 18.1. The molecule has 2 aromatic carbocycles. The van der Waals surface area contributed by atoms with Gasteiger partial charge >= 0.3 is 0 Å². The summed E-state index contributed by atoms with van der Waals surface area (Å²) in [7, 11) is -5.26. The van der Waals surface area contributed by atoms with Crippen LogP contribution in [0, 0.1) is 0 Å². The molecule has 0 radical (unpaired) electrons. The molecular weight excluding hydrogens is 380 g/mol. The van der Waals surface area contributed by atoms with Gasteiger partial charge in [0.15, 0.2) is 0 Å². The van der Waals surface area contributed by atoms with Crippen molar-refractivity contribution in [2.45, 2.75) is 12.5 Å². The molecular formula is C20H27NO4P2. The number of hydrogen-bond donors (Lipinski definition) is 1. The lowest BCUT2D eigenvalue weighted by molar-refractivity contribution is 0.243. The van der Waals surface area contributed by atoms with Gasteiger partial charge in [-0.1, -0.05) is 24.3 Å². The van der Waals surface area contributed by atoms with Crippen LogP contribution in [0.1, 0.15) is 6.42 Å². The Labute approximate surface area is 161 Å². The SMILES string of the molecule is CP(C)(=O)c1cccc2c1-c1c(cccc1P(C)(C)=O)OCC(N)CCO2. The minimum Gasteiger partial charge on any atom is -0.493 e. The molecule has 0 amide bonds. The molecule has 146 valence electrons. The van der Waals surface area contributed by atoms with Gasteiger partial charge in [0.25, 0.3) is 0 Å². The lowest BCUT2D eigenvalue weighted by Crippen LogP contribution is -2.31. The predicted molar refractivity (Wildman–Crippen MR) is 114 cm³/mol. The molecule has 0 spiro atoms. The molecule has 1 aliphatic heterocycles. The second-order valence-corrected chi connectivity index (χ2v) is 14.1. The Kier molecular flexibility index (Phi) is 5.59. The lowest BCUT2D eigenvalue weighted by Gasteiger charge is -2.26. The average molecular weight is 407 g/mol. The molecule has 7 heteroatoms. The van der Waals surface area contributed by atoms with Crippen LogP contribution in [0.15, 0.2) is 36.4 Å². The highest BCUT2D eigenvalue weighted by molar-refractivity contribution is 7.71. The minimum absolute atomic E-state index is 0.162. The van der Waals surface area contributed by atoms with E-state index in [-0.39, 0.29) is 6.04 Å². The summed E-state index contributed by atoms with van der Waals surface area (Å²) in [4.78, 5) is 0. The van der Waals surface area contributed by atoms with E-state index >= 15 is 0 Å². The van der Waals surface area contributed by atoms with Crippen LogP contribution in [-0.4, -0.2) is 45.9 Å². The van der Waals surface area contributed by atoms with E-state index in [1.165, 1.54) is 0 Å². The second-order valence-electron chi connectivity index (χ2n) is 7.71. The summed E-state index contributed by atoms with van der Waals surface area (Å²) in [5, 5.41) is 1.40. The van der Waals surface area contributed by atoms with E-state index in [1.54, 1.807) is 26.7 Å². The van der Waals surface area contributed by atoms with E-state index < -0.39 is 14.3 Å². The Hall–Kier alpha value is -1.54. The maximum atomic E-state index is 13.1. The fraction of sp³-hybridized carbons (Fsp3) is 0.400. The third kappa shape index (κ3) is 4.32. The van der Waals surface area contributed by atoms with Crippen LogP contribution >= 0.6 is 14.3 Å². The van der Waals surface area contributed by atoms with Crippen LogP contribution in [0.5, 0.6) is 11.5 Å². The first-order valence-corrected chi connectivity index (χ1v) is 14.2. The Balaban J connectivity index is 2.41. The van der Waals surface area contributed by atoms with Crippen molar-refractivity contribution in [3.05, 3.63) is 36.4 Å². The molecule has 1 heterocycles. The van der Waals surface area contributed by atoms with Crippen molar-refractivity contribution in [2.24, 2.45) is 5.73 Å². The van der Waals surface area contributed by atoms with Crippen molar-refractivity contribution in [1.82, 2.24) is 0 Å². The van der Waals surface area contributed by atoms with Gasteiger partial charge in [-0.2, -0.15) is 0 Å². The van der Waals surface area contributed by atoms with E-state index in [0.717, 1.165) is 5.56 Å². The minimum atomic E-state index is -2.64. The molecule has 0 bridgehead atoms. The van der Waals surface area contributed by atoms with Gasteiger partial charge in [-0.3, -0.25) is 0 Å². The van der Waals surface area contributed by atoms with Crippen LogP contribution in [0.2, 0.25) is 0 Å². The first-order chi connectivity index (χ1) is 12.6. The lowest BCUT2D eigenvalue weighted by atomic mass is 10.0. The van der Waals surface area contributed by atoms with Crippen LogP contribution in [0.3, 0.4) is 0 Å². The van der Waals surface area contributed by atoms with Crippen LogP contribution in [0.4, 0.5) is 0 Å². The molecule has 0 aromatic heterocycles. The summed E-state index contributed by atoms with van der Waals surface area (Å²) in [6.07, 6.45) is 0.647. The summed E-state index contributed by atoms with van der Waals surface area (Å²) < 4.78 is 38.3. The predicted octanol–water partition coefficient (Wildman–Crippen LogP) is 3.34. The number of benzene rings is 2. The zero-order chi connectivity index (χ0) is 19.8. The normalized spacial score (nSPS) is 17.9. The Morgan fingerprint density at radius 1 is 0.852 bits per heavy atom. The van der Waals surface area contributed by atoms with Crippen LogP contribution in [-0.2, 0) is 9.13 Å². The Morgan fingerprint density at radius 3 is 1.81 bits per heavy atom. The molecule has 3 rings (SSSR count). The largest absolute Gasteiger partial charge is 0.493 e. The number of ether oxygens (including phenoxy) is 2. The quantitative estimate of drug-likeness (QED) is 0.773. The van der Waals surface area contributed by atoms with Gasteiger partial charge in [0.05, 0.1) is 6.61 Å². The van der Waals surface area contributed by atoms with Gasteiger partial charge in [-0.15, -0.1) is 0 Å². The van der Waals surface area contributed by atoms with E-state index in [9.17, 15) is 9.13 Å². The van der Waals surface area contributed by atoms with Crippen molar-refractivity contribution in [3.63, 3.8) is 0 Å². The molecule has 2 aromatic rings. The number of hydrogen-bond acceptors (Lipinski definition) is 5. The van der Waals surface area contributed by atoms with Crippen molar-refractivity contribution in [1.29, 1.82) is 0 Å². The third-order valence-corrected chi connectivity index (χ3v) is 7.68. The molecule has 27 heavy (non-hydrogen) atoms. The molecule has 1 unspecified atom stereocenters. The van der Waals surface area contributed by atoms with Gasteiger partial charge < -0.3 is 24.3 Å². The molecule has 1 aliphatic rings. The smallest absolute Gasteiger partial charge is 0.128 e. The van der Waals surface area contributed by atoms with E-state index in [0.29, 0.717) is 47.3 Å². The molecule has 2 N–H and O–H groups in total. The topological polar surface area (TPSA) is 78.6 Å². The fourth-order valence-electron chi connectivity index (χ4n) is 3.28. The van der Waals surface area contributed by atoms with Gasteiger partial charge in [0.1, 0.15) is 32.4 Å². The number of nitrogens with two attached hydrogens (primary N) is 1. The monoisotopic (exact) mass is 407 g/mol. The summed E-state index contributed by atoms with van der Waals surface area (Å²) in [5.41, 5.74) is 7.54. The van der Waals surface area contributed by atoms with Crippen molar-refractivity contribution in [2.75, 3.05) is 39.9 Å². The summed E-state index contributed by atoms with van der Waals surface area (Å²) in [6, 6.07) is 10.9. The van der Waals surface area contributed by atoms with Gasteiger partial charge in [0.2, 0.25) is 0 Å². The van der Waals surface area contributed by atoms with Gasteiger partial charge in [-0.05, 0) is 45.2 Å². The zero-order valence-electron chi connectivity index (χ0n) is 16.3. The standard InChI is InChI=1S/C20H27NO4P2/c1-26(2,22)17-9-5-7-15-19(17)20-16(25-13-14(21)11-12-24-15)8-6-10-18(20)27(3,4)23/h5-10,14H,11-13,21H2,1-4H3. The first kappa shape index (κ1) is 20.2. The molecule has 1 atom stereocenters. The Morgan fingerprint density at radius 2 is 1.33 bits per heavy atom. The van der Waals surface area contributed by atoms with Gasteiger partial charge in [-0.25, -0.2) is 0 Å². The second kappa shape index (κ2) is 7.47. The van der Waals surface area contributed by atoms with E-state index in [2.05, 4.69) is 0 Å². The molecule has 0 fully saturated rings. The highest BCUT2D eigenvalue weighted by atomic mass is 31.2. The highest BCUT2D eigenvalue weighted by Crippen LogP contribution is 2.48. The van der Waals surface area contributed by atoms with Gasteiger partial charge in [0, 0.05) is 27.8 Å². The molecule has 0 aliphatic carbocycles. The fourth-order valence-corrected chi connectivity index (χ4v) is 5.69. The first-order valence-electron chi connectivity index (χ1n) is 8.97. The summed E-state index contributed by atoms with van der Waals surface area (Å²) >= 11 is 0. The Bertz CT molecular complexity index is 945. The number of fused-ring (bicyclic) bond motifs is 3. The maximum absolute atomic E-state index is 13.1. The third-order valence-electron chi connectivity index (χ3n) is 4.62. The van der Waals surface area contributed by atoms with Crippen molar-refractivity contribution < 1.29 is 18.6 Å². The maximum Gasteiger partial charge on any atom is 0.128 e. The van der Waals surface area contributed by atoms with E-state index in [4.69, 9.17) is 15.2 Å². The van der Waals surface area contributed by atoms with Crippen molar-refractivity contribution in [3.8, 4) is 22.6 Å². The molecule has 0 saturated heterocycles. The van der Waals surface area contributed by atoms with Crippen LogP contribution in [0.25, 0.3) is 11.1 Å². The average Bonchev–Trinajstić information content (AvgIpc) is 2.57. The highest BCUT2D eigenvalue weighted by Gasteiger charge is 2.29. The van der Waals surface area contributed by atoms with Crippen LogP contribution < -0.4 is 25.8 Å². The van der Waals surface area contributed by atoms with Crippen molar-refractivity contribution >= 4 is 24.9 Å². The van der Waals surface area contributed by atoms with E-state index in [1.807, 2.05) is 36.4 Å². The molecule has 0 saturated carbocycles.